The van der Waals surface area contributed by atoms with Crippen LogP contribution in [0.1, 0.15) is 27.7 Å². The molecule has 0 radical (unpaired) electrons. The minimum absolute atomic E-state index is 0.255. The second kappa shape index (κ2) is 11.1. The molecule has 34 heavy (non-hydrogen) atoms. The molecule has 174 valence electrons. The monoisotopic (exact) mass is 530 g/mol. The normalized spacial score (nSPS) is 14.5. The second-order valence-corrected chi connectivity index (χ2v) is 9.99. The number of ether oxygens (including phenoxy) is 2. The maximum Gasteiger partial charge on any atom is 0.285 e. The number of rotatable bonds is 8. The molecule has 1 aliphatic rings. The lowest BCUT2D eigenvalue weighted by molar-refractivity contribution is -0.123. The quantitative estimate of drug-likeness (QED) is 0.288. The molecule has 10 heteroatoms. The number of hydrogen-bond acceptors (Lipinski definition) is 7. The van der Waals surface area contributed by atoms with Gasteiger partial charge in [0, 0.05) is 10.6 Å². The Hall–Kier alpha value is -2.85. The highest BCUT2D eigenvalue weighted by molar-refractivity contribution is 8.26. The molecule has 6 nitrogen and oxygen atoms in total. The van der Waals surface area contributed by atoms with Crippen molar-refractivity contribution in [3.8, 4) is 11.5 Å². The van der Waals surface area contributed by atoms with Gasteiger partial charge in [0.25, 0.3) is 11.8 Å². The van der Waals surface area contributed by atoms with Crippen molar-refractivity contribution in [3.05, 3.63) is 85.9 Å². The summed E-state index contributed by atoms with van der Waals surface area (Å²) < 4.78 is 11.9. The summed E-state index contributed by atoms with van der Waals surface area (Å²) in [6, 6.07) is 16.3. The van der Waals surface area contributed by atoms with Gasteiger partial charge in [-0.2, -0.15) is 5.01 Å². The van der Waals surface area contributed by atoms with Gasteiger partial charge in [-0.05, 0) is 60.4 Å². The zero-order valence-corrected chi connectivity index (χ0v) is 21.2. The fourth-order valence-electron chi connectivity index (χ4n) is 3.05. The van der Waals surface area contributed by atoms with E-state index in [1.807, 2.05) is 37.3 Å². The van der Waals surface area contributed by atoms with E-state index in [0.29, 0.717) is 39.5 Å². The van der Waals surface area contributed by atoms with Crippen molar-refractivity contribution in [2.45, 2.75) is 13.5 Å². The van der Waals surface area contributed by atoms with E-state index < -0.39 is 5.91 Å². The van der Waals surface area contributed by atoms with Gasteiger partial charge >= 0.3 is 0 Å². The molecule has 1 aromatic heterocycles. The van der Waals surface area contributed by atoms with Gasteiger partial charge in [-0.25, -0.2) is 0 Å². The van der Waals surface area contributed by atoms with Crippen molar-refractivity contribution < 1.29 is 19.1 Å². The Morgan fingerprint density at radius 2 is 1.97 bits per heavy atom. The first-order valence-corrected chi connectivity index (χ1v) is 12.7. The zero-order chi connectivity index (χ0) is 24.1. The third-order valence-corrected chi connectivity index (χ3v) is 7.20. The molecule has 1 N–H and O–H groups in total. The summed E-state index contributed by atoms with van der Waals surface area (Å²) in [5.74, 6) is 0.336. The standard InChI is InChI=1S/C24H19ClN2O4S3/c1-2-30-19-12-15(9-10-18(19)31-14-16-6-3-4-7-17(16)25)13-21-23(29)27(24(32)34-21)26-22(28)20-8-5-11-33-20/h3-13H,2,14H2,1H3,(H,26,28)/b21-13+. The molecule has 2 aromatic carbocycles. The van der Waals surface area contributed by atoms with E-state index in [-0.39, 0.29) is 10.2 Å². The number of thioether (sulfide) groups is 1. The van der Waals surface area contributed by atoms with Crippen LogP contribution in [-0.2, 0) is 11.4 Å². The first-order valence-electron chi connectivity index (χ1n) is 10.2. The van der Waals surface area contributed by atoms with Crippen LogP contribution in [0.25, 0.3) is 6.08 Å². The van der Waals surface area contributed by atoms with E-state index in [4.69, 9.17) is 33.3 Å². The Bertz CT molecular complexity index is 1260. The number of nitrogens with zero attached hydrogens (tertiary/aromatic N) is 1. The van der Waals surface area contributed by atoms with Gasteiger partial charge in [-0.1, -0.05) is 53.7 Å². The molecule has 0 saturated carbocycles. The van der Waals surface area contributed by atoms with Crippen LogP contribution in [0.15, 0.2) is 64.9 Å². The van der Waals surface area contributed by atoms with Crippen LogP contribution in [0.5, 0.6) is 11.5 Å². The van der Waals surface area contributed by atoms with Crippen LogP contribution in [0.2, 0.25) is 5.02 Å². The van der Waals surface area contributed by atoms with E-state index >= 15 is 0 Å². The molecule has 1 fully saturated rings. The predicted octanol–water partition coefficient (Wildman–Crippen LogP) is 5.93. The summed E-state index contributed by atoms with van der Waals surface area (Å²) in [6.45, 7) is 2.62. The number of carbonyl (C=O) groups excluding carboxylic acids is 2. The van der Waals surface area contributed by atoms with Crippen LogP contribution >= 0.6 is 46.9 Å². The lowest BCUT2D eigenvalue weighted by Crippen LogP contribution is -2.44. The largest absolute Gasteiger partial charge is 0.490 e. The molecule has 3 aromatic rings. The van der Waals surface area contributed by atoms with Crippen LogP contribution in [0.4, 0.5) is 0 Å². The Balaban J connectivity index is 1.50. The van der Waals surface area contributed by atoms with Crippen molar-refractivity contribution in [1.29, 1.82) is 0 Å². The number of benzene rings is 2. The van der Waals surface area contributed by atoms with E-state index in [0.717, 1.165) is 27.9 Å². The average Bonchev–Trinajstić information content (AvgIpc) is 3.45. The van der Waals surface area contributed by atoms with E-state index in [9.17, 15) is 9.59 Å². The number of amides is 2. The highest BCUT2D eigenvalue weighted by Gasteiger charge is 2.34. The third kappa shape index (κ3) is 5.61. The summed E-state index contributed by atoms with van der Waals surface area (Å²) in [5.41, 5.74) is 4.17. The van der Waals surface area contributed by atoms with Crippen LogP contribution in [0.3, 0.4) is 0 Å². The Morgan fingerprint density at radius 1 is 1.15 bits per heavy atom. The molecule has 1 aliphatic heterocycles. The third-order valence-electron chi connectivity index (χ3n) is 4.66. The minimum atomic E-state index is -0.392. The van der Waals surface area contributed by atoms with Crippen LogP contribution in [-0.4, -0.2) is 27.8 Å². The lowest BCUT2D eigenvalue weighted by Gasteiger charge is -2.15. The van der Waals surface area contributed by atoms with Crippen molar-refractivity contribution in [2.75, 3.05) is 6.61 Å². The predicted molar refractivity (Wildman–Crippen MR) is 140 cm³/mol. The van der Waals surface area contributed by atoms with Gasteiger partial charge < -0.3 is 9.47 Å². The number of hydrazine groups is 1. The maximum atomic E-state index is 12.9. The molecule has 0 aliphatic carbocycles. The molecule has 1 saturated heterocycles. The van der Waals surface area contributed by atoms with Crippen LogP contribution < -0.4 is 14.9 Å². The lowest BCUT2D eigenvalue weighted by atomic mass is 10.2. The van der Waals surface area contributed by atoms with Gasteiger partial charge in [-0.3, -0.25) is 15.0 Å². The first kappa shape index (κ1) is 24.3. The molecule has 4 rings (SSSR count). The smallest absolute Gasteiger partial charge is 0.285 e. The first-order chi connectivity index (χ1) is 16.5. The van der Waals surface area contributed by atoms with E-state index in [2.05, 4.69) is 5.43 Å². The number of thiophene rings is 1. The highest BCUT2D eigenvalue weighted by atomic mass is 35.5. The van der Waals surface area contributed by atoms with Gasteiger partial charge in [0.2, 0.25) is 0 Å². The highest BCUT2D eigenvalue weighted by Crippen LogP contribution is 2.35. The van der Waals surface area contributed by atoms with Gasteiger partial charge in [0.15, 0.2) is 15.8 Å². The van der Waals surface area contributed by atoms with Crippen LogP contribution in [0, 0.1) is 0 Å². The summed E-state index contributed by atoms with van der Waals surface area (Å²) in [4.78, 5) is 26.1. The summed E-state index contributed by atoms with van der Waals surface area (Å²) in [6.07, 6.45) is 1.71. The molecular weight excluding hydrogens is 512 g/mol. The number of carbonyl (C=O) groups is 2. The van der Waals surface area contributed by atoms with E-state index in [1.165, 1.54) is 11.3 Å². The molecule has 0 bridgehead atoms. The zero-order valence-electron chi connectivity index (χ0n) is 17.9. The Morgan fingerprint density at radius 3 is 2.71 bits per heavy atom. The average molecular weight is 531 g/mol. The van der Waals surface area contributed by atoms with Crippen molar-refractivity contribution in [2.24, 2.45) is 0 Å². The van der Waals surface area contributed by atoms with Gasteiger partial charge in [0.05, 0.1) is 16.4 Å². The molecular formula is C24H19ClN2O4S3. The summed E-state index contributed by atoms with van der Waals surface area (Å²) in [5, 5.41) is 3.51. The molecule has 0 atom stereocenters. The number of nitrogens with one attached hydrogen (secondary N) is 1. The number of halogens is 1. The summed E-state index contributed by atoms with van der Waals surface area (Å²) in [7, 11) is 0. The topological polar surface area (TPSA) is 67.9 Å². The fraction of sp³-hybridized carbons (Fsp3) is 0.125. The molecule has 2 amide bonds. The minimum Gasteiger partial charge on any atom is -0.490 e. The van der Waals surface area contributed by atoms with Crippen molar-refractivity contribution >= 4 is 69.1 Å². The van der Waals surface area contributed by atoms with Gasteiger partial charge in [0.1, 0.15) is 6.61 Å². The Kier molecular flexibility index (Phi) is 7.89. The van der Waals surface area contributed by atoms with Crippen molar-refractivity contribution in [1.82, 2.24) is 10.4 Å². The molecule has 0 spiro atoms. The number of thiocarbonyl (C=S) groups is 1. The Labute approximate surface area is 215 Å². The number of hydrogen-bond donors (Lipinski definition) is 1. The van der Waals surface area contributed by atoms with E-state index in [1.54, 1.807) is 35.7 Å². The second-order valence-electron chi connectivity index (χ2n) is 6.95. The summed E-state index contributed by atoms with van der Waals surface area (Å²) >= 11 is 13.9. The van der Waals surface area contributed by atoms with Gasteiger partial charge in [-0.15, -0.1) is 11.3 Å². The fourth-order valence-corrected chi connectivity index (χ4v) is 5.04. The van der Waals surface area contributed by atoms with Crippen molar-refractivity contribution in [3.63, 3.8) is 0 Å². The SMILES string of the molecule is CCOc1cc(/C=C2/SC(=S)N(NC(=O)c3cccs3)C2=O)ccc1OCc1ccccc1Cl. The maximum absolute atomic E-state index is 12.9. The molecule has 2 heterocycles. The molecule has 0 unspecified atom stereocenters.